The van der Waals surface area contributed by atoms with E-state index in [-0.39, 0.29) is 6.04 Å². The summed E-state index contributed by atoms with van der Waals surface area (Å²) in [7, 11) is 0. The third kappa shape index (κ3) is 1.15. The molecule has 0 fully saturated rings. The van der Waals surface area contributed by atoms with Crippen LogP contribution < -0.4 is 5.43 Å². The Morgan fingerprint density at radius 2 is 2.42 bits per heavy atom. The van der Waals surface area contributed by atoms with Gasteiger partial charge in [0.2, 0.25) is 0 Å². The van der Waals surface area contributed by atoms with E-state index in [1.54, 1.807) is 0 Å². The molecule has 2 aliphatic rings. The molecule has 1 N–H and O–H groups in total. The average molecular weight is 163 g/mol. The summed E-state index contributed by atoms with van der Waals surface area (Å²) in [5.41, 5.74) is 5.47. The zero-order valence-corrected chi connectivity index (χ0v) is 7.41. The first-order valence-electron chi connectivity index (χ1n) is 4.35. The molecule has 0 amide bonds. The molecule has 3 heteroatoms. The fourth-order valence-electron chi connectivity index (χ4n) is 1.48. The van der Waals surface area contributed by atoms with E-state index < -0.39 is 0 Å². The van der Waals surface area contributed by atoms with Gasteiger partial charge in [-0.25, -0.2) is 0 Å². The predicted molar refractivity (Wildman–Crippen MR) is 47.4 cm³/mol. The molecule has 12 heavy (non-hydrogen) atoms. The minimum Gasteiger partial charge on any atom is -0.262 e. The number of nitrogens with one attached hydrogen (secondary N) is 1. The molecule has 0 radical (unpaired) electrons. The molecule has 64 valence electrons. The maximum absolute atomic E-state index is 4.05. The molecule has 1 aliphatic heterocycles. The maximum Gasteiger partial charge on any atom is 0.118 e. The molecule has 0 saturated carbocycles. The van der Waals surface area contributed by atoms with Crippen LogP contribution in [0.2, 0.25) is 0 Å². The van der Waals surface area contributed by atoms with Gasteiger partial charge < -0.3 is 0 Å². The van der Waals surface area contributed by atoms with Crippen LogP contribution in [0.3, 0.4) is 0 Å². The first kappa shape index (κ1) is 7.53. The summed E-state index contributed by atoms with van der Waals surface area (Å²) in [5, 5.41) is 7.85. The molecule has 3 nitrogen and oxygen atoms in total. The lowest BCUT2D eigenvalue weighted by Crippen LogP contribution is -2.15. The van der Waals surface area contributed by atoms with Crippen molar-refractivity contribution in [2.75, 3.05) is 0 Å². The van der Waals surface area contributed by atoms with Crippen LogP contribution in [0.15, 0.2) is 33.8 Å². The predicted octanol–water partition coefficient (Wildman–Crippen LogP) is 2.20. The summed E-state index contributed by atoms with van der Waals surface area (Å²) in [6, 6.07) is 0.271. The van der Waals surface area contributed by atoms with Gasteiger partial charge in [0.25, 0.3) is 0 Å². The third-order valence-electron chi connectivity index (χ3n) is 2.30. The highest BCUT2D eigenvalue weighted by atomic mass is 15.5. The Hall–Kier alpha value is -1.12. The van der Waals surface area contributed by atoms with Crippen LogP contribution in [0.5, 0.6) is 0 Å². The Kier molecular flexibility index (Phi) is 1.71. The van der Waals surface area contributed by atoms with Gasteiger partial charge in [-0.1, -0.05) is 25.1 Å². The van der Waals surface area contributed by atoms with Crippen molar-refractivity contribution >= 4 is 0 Å². The first-order valence-corrected chi connectivity index (χ1v) is 4.35. The Morgan fingerprint density at radius 1 is 1.58 bits per heavy atom. The first-order chi connectivity index (χ1) is 5.77. The van der Waals surface area contributed by atoms with E-state index in [4.69, 9.17) is 0 Å². The van der Waals surface area contributed by atoms with Crippen molar-refractivity contribution in [1.29, 1.82) is 0 Å². The number of nitrogens with zero attached hydrogens (tertiary/aromatic N) is 2. The molecule has 0 aromatic rings. The van der Waals surface area contributed by atoms with Crippen molar-refractivity contribution in [2.45, 2.75) is 26.3 Å². The Labute approximate surface area is 72.2 Å². The minimum atomic E-state index is 0.271. The molecule has 1 unspecified atom stereocenters. The van der Waals surface area contributed by atoms with Crippen LogP contribution in [0, 0.1) is 5.92 Å². The molecule has 0 saturated heterocycles. The fraction of sp³-hybridized carbons (Fsp3) is 0.556. The summed E-state index contributed by atoms with van der Waals surface area (Å²) in [6.45, 7) is 4.40. The SMILES string of the molecule is CC(C)C1=CCC2N=NNC2=C1. The zero-order valence-electron chi connectivity index (χ0n) is 7.41. The second-order valence-electron chi connectivity index (χ2n) is 3.54. The van der Waals surface area contributed by atoms with Gasteiger partial charge in [0.1, 0.15) is 6.04 Å². The number of hydrogen-bond donors (Lipinski definition) is 1. The van der Waals surface area contributed by atoms with E-state index >= 15 is 0 Å². The van der Waals surface area contributed by atoms with Gasteiger partial charge in [0.05, 0.1) is 5.70 Å². The monoisotopic (exact) mass is 163 g/mol. The minimum absolute atomic E-state index is 0.271. The van der Waals surface area contributed by atoms with Gasteiger partial charge in [-0.15, -0.1) is 0 Å². The summed E-state index contributed by atoms with van der Waals surface area (Å²) < 4.78 is 0. The van der Waals surface area contributed by atoms with Crippen LogP contribution in [-0.4, -0.2) is 6.04 Å². The second kappa shape index (κ2) is 2.73. The number of hydrogen-bond acceptors (Lipinski definition) is 3. The van der Waals surface area contributed by atoms with Crippen molar-refractivity contribution in [3.8, 4) is 0 Å². The number of allylic oxidation sites excluding steroid dienone is 2. The summed E-state index contributed by atoms with van der Waals surface area (Å²) in [5.74, 6) is 0.598. The Balaban J connectivity index is 2.20. The lowest BCUT2D eigenvalue weighted by atomic mass is 9.93. The quantitative estimate of drug-likeness (QED) is 0.632. The lowest BCUT2D eigenvalue weighted by Gasteiger charge is -2.15. The molecule has 0 spiro atoms. The van der Waals surface area contributed by atoms with Crippen LogP contribution in [-0.2, 0) is 0 Å². The molecule has 0 bridgehead atoms. The molecule has 0 aromatic carbocycles. The van der Waals surface area contributed by atoms with Crippen LogP contribution in [0.25, 0.3) is 0 Å². The second-order valence-corrected chi connectivity index (χ2v) is 3.54. The Bertz CT molecular complexity index is 273. The summed E-state index contributed by atoms with van der Waals surface area (Å²) >= 11 is 0. The van der Waals surface area contributed by atoms with Gasteiger partial charge in [0, 0.05) is 0 Å². The average Bonchev–Trinajstić information content (AvgIpc) is 2.49. The maximum atomic E-state index is 4.05. The zero-order chi connectivity index (χ0) is 8.55. The Morgan fingerprint density at radius 3 is 3.17 bits per heavy atom. The smallest absolute Gasteiger partial charge is 0.118 e. The van der Waals surface area contributed by atoms with Gasteiger partial charge in [0.15, 0.2) is 0 Å². The molecular weight excluding hydrogens is 150 g/mol. The van der Waals surface area contributed by atoms with Crippen molar-refractivity contribution in [1.82, 2.24) is 5.43 Å². The van der Waals surface area contributed by atoms with E-state index in [9.17, 15) is 0 Å². The van der Waals surface area contributed by atoms with Crippen LogP contribution >= 0.6 is 0 Å². The van der Waals surface area contributed by atoms with E-state index in [2.05, 4.69) is 41.8 Å². The summed E-state index contributed by atoms with van der Waals surface area (Å²) in [6.07, 6.45) is 5.42. The van der Waals surface area contributed by atoms with Crippen molar-refractivity contribution in [2.24, 2.45) is 16.3 Å². The fourth-order valence-corrected chi connectivity index (χ4v) is 1.48. The molecule has 0 aromatic heterocycles. The van der Waals surface area contributed by atoms with E-state index in [0.717, 1.165) is 12.1 Å². The largest absolute Gasteiger partial charge is 0.262 e. The van der Waals surface area contributed by atoms with Crippen molar-refractivity contribution in [3.63, 3.8) is 0 Å². The van der Waals surface area contributed by atoms with Crippen molar-refractivity contribution < 1.29 is 0 Å². The molecule has 1 aliphatic carbocycles. The van der Waals surface area contributed by atoms with Gasteiger partial charge in [-0.3, -0.25) is 5.43 Å². The highest BCUT2D eigenvalue weighted by Gasteiger charge is 2.21. The van der Waals surface area contributed by atoms with Gasteiger partial charge in [-0.2, -0.15) is 5.11 Å². The van der Waals surface area contributed by atoms with Crippen LogP contribution in [0.4, 0.5) is 0 Å². The highest BCUT2D eigenvalue weighted by molar-refractivity contribution is 5.32. The van der Waals surface area contributed by atoms with E-state index in [0.29, 0.717) is 5.92 Å². The third-order valence-corrected chi connectivity index (χ3v) is 2.30. The molecule has 1 atom stereocenters. The number of fused-ring (bicyclic) bond motifs is 1. The molecule has 2 rings (SSSR count). The van der Waals surface area contributed by atoms with Gasteiger partial charge in [-0.05, 0) is 24.0 Å². The lowest BCUT2D eigenvalue weighted by molar-refractivity contribution is 0.723. The topological polar surface area (TPSA) is 36.8 Å². The van der Waals surface area contributed by atoms with Crippen molar-refractivity contribution in [3.05, 3.63) is 23.4 Å². The van der Waals surface area contributed by atoms with E-state index in [1.807, 2.05) is 0 Å². The standard InChI is InChI=1S/C9H13N3/c1-6(2)7-3-4-8-9(5-7)11-12-10-8/h3,5-6,8H,4H2,1-2H3,(H,10,11). The van der Waals surface area contributed by atoms with Gasteiger partial charge >= 0.3 is 0 Å². The molecular formula is C9H13N3. The highest BCUT2D eigenvalue weighted by Crippen LogP contribution is 2.26. The number of rotatable bonds is 1. The van der Waals surface area contributed by atoms with E-state index in [1.165, 1.54) is 5.57 Å². The van der Waals surface area contributed by atoms with Crippen LogP contribution in [0.1, 0.15) is 20.3 Å². The summed E-state index contributed by atoms with van der Waals surface area (Å²) in [4.78, 5) is 0. The normalized spacial score (nSPS) is 26.4. The molecule has 1 heterocycles.